The zero-order valence-electron chi connectivity index (χ0n) is 25.4. The Hall–Kier alpha value is -4.53. The summed E-state index contributed by atoms with van der Waals surface area (Å²) in [5.41, 5.74) is 2.19. The highest BCUT2D eigenvalue weighted by atomic mass is 35.5. The van der Waals surface area contributed by atoms with Crippen LogP contribution in [0, 0.1) is 0 Å². The van der Waals surface area contributed by atoms with E-state index in [4.69, 9.17) is 42.4 Å². The van der Waals surface area contributed by atoms with E-state index in [1.165, 1.54) is 0 Å². The molecule has 1 unspecified atom stereocenters. The van der Waals surface area contributed by atoms with Crippen LogP contribution in [0.25, 0.3) is 16.6 Å². The number of rotatable bonds is 11. The number of carbonyl (C=O) groups is 1. The van der Waals surface area contributed by atoms with E-state index in [0.717, 1.165) is 5.56 Å². The molecule has 0 saturated carbocycles. The van der Waals surface area contributed by atoms with Gasteiger partial charge >= 0.3 is 0 Å². The van der Waals surface area contributed by atoms with Crippen molar-refractivity contribution in [2.24, 2.45) is 0 Å². The number of halogens is 2. The summed E-state index contributed by atoms with van der Waals surface area (Å²) in [6, 6.07) is 24.2. The predicted molar refractivity (Wildman–Crippen MR) is 178 cm³/mol. The summed E-state index contributed by atoms with van der Waals surface area (Å²) in [5, 5.41) is 1.08. The van der Waals surface area contributed by atoms with Crippen LogP contribution < -0.4 is 19.8 Å². The molecule has 1 aromatic heterocycles. The Morgan fingerprint density at radius 3 is 2.33 bits per heavy atom. The molecule has 0 radical (unpaired) electrons. The van der Waals surface area contributed by atoms with Crippen molar-refractivity contribution >= 4 is 40.0 Å². The molecular weight excluding hydrogens is 613 g/mol. The highest BCUT2D eigenvalue weighted by molar-refractivity contribution is 6.42. The minimum atomic E-state index is -0.643. The molecule has 1 amide bonds. The Bertz CT molecular complexity index is 1890. The number of carbonyl (C=O) groups excluding carboxylic acids is 1. The molecule has 0 N–H and O–H groups in total. The number of amides is 1. The number of aromatic nitrogens is 2. The molecule has 0 bridgehead atoms. The van der Waals surface area contributed by atoms with E-state index in [9.17, 15) is 9.59 Å². The van der Waals surface area contributed by atoms with E-state index in [2.05, 4.69) is 0 Å². The number of hydrogen-bond donors (Lipinski definition) is 0. The molecule has 232 valence electrons. The van der Waals surface area contributed by atoms with Gasteiger partial charge in [-0.25, -0.2) is 4.98 Å². The minimum absolute atomic E-state index is 0.242. The molecule has 0 aliphatic carbocycles. The first-order valence-corrected chi connectivity index (χ1v) is 15.2. The first kappa shape index (κ1) is 31.9. The molecule has 0 fully saturated rings. The van der Waals surface area contributed by atoms with Crippen molar-refractivity contribution in [3.8, 4) is 22.9 Å². The van der Waals surface area contributed by atoms with Crippen LogP contribution in [-0.4, -0.2) is 47.7 Å². The van der Waals surface area contributed by atoms with Crippen molar-refractivity contribution in [2.75, 3.05) is 27.4 Å². The Labute approximate surface area is 271 Å². The number of nitrogens with zero attached hydrogens (tertiary/aromatic N) is 3. The monoisotopic (exact) mass is 645 g/mol. The quantitative estimate of drug-likeness (QED) is 0.147. The van der Waals surface area contributed by atoms with Crippen LogP contribution in [0.4, 0.5) is 0 Å². The molecule has 5 aromatic rings. The predicted octanol–water partition coefficient (Wildman–Crippen LogP) is 7.55. The molecule has 8 nitrogen and oxygen atoms in total. The van der Waals surface area contributed by atoms with E-state index in [0.29, 0.717) is 69.8 Å². The van der Waals surface area contributed by atoms with Gasteiger partial charge < -0.3 is 19.1 Å². The molecule has 10 heteroatoms. The Morgan fingerprint density at radius 2 is 1.64 bits per heavy atom. The Morgan fingerprint density at radius 1 is 0.911 bits per heavy atom. The number of methoxy groups -OCH3 is 2. The van der Waals surface area contributed by atoms with Gasteiger partial charge in [-0.05, 0) is 92.6 Å². The molecule has 45 heavy (non-hydrogen) atoms. The third kappa shape index (κ3) is 6.77. The minimum Gasteiger partial charge on any atom is -0.494 e. The topological polar surface area (TPSA) is 82.9 Å². The first-order chi connectivity index (χ1) is 21.7. The van der Waals surface area contributed by atoms with Crippen LogP contribution in [0.3, 0.4) is 0 Å². The average Bonchev–Trinajstić information content (AvgIpc) is 3.06. The molecule has 0 spiro atoms. The summed E-state index contributed by atoms with van der Waals surface area (Å²) in [7, 11) is 3.16. The summed E-state index contributed by atoms with van der Waals surface area (Å²) in [4.78, 5) is 34.9. The van der Waals surface area contributed by atoms with Gasteiger partial charge in [0.25, 0.3) is 11.5 Å². The lowest BCUT2D eigenvalue weighted by molar-refractivity contribution is 0.0683. The Balaban J connectivity index is 1.63. The van der Waals surface area contributed by atoms with Crippen molar-refractivity contribution in [2.45, 2.75) is 26.3 Å². The highest BCUT2D eigenvalue weighted by Gasteiger charge is 2.28. The molecule has 1 heterocycles. The number of hydrogen-bond acceptors (Lipinski definition) is 6. The van der Waals surface area contributed by atoms with Gasteiger partial charge in [-0.3, -0.25) is 14.2 Å². The zero-order valence-corrected chi connectivity index (χ0v) is 26.9. The molecule has 0 saturated heterocycles. The van der Waals surface area contributed by atoms with Crippen LogP contribution in [0.2, 0.25) is 10.0 Å². The largest absolute Gasteiger partial charge is 0.494 e. The lowest BCUT2D eigenvalue weighted by Crippen LogP contribution is -2.38. The van der Waals surface area contributed by atoms with E-state index in [-0.39, 0.29) is 16.5 Å². The van der Waals surface area contributed by atoms with E-state index >= 15 is 0 Å². The zero-order chi connectivity index (χ0) is 32.1. The van der Waals surface area contributed by atoms with Crippen molar-refractivity contribution in [1.82, 2.24) is 14.5 Å². The number of fused-ring (bicyclic) bond motifs is 1. The number of para-hydroxylation sites is 1. The molecule has 1 atom stereocenters. The number of benzene rings is 4. The summed E-state index contributed by atoms with van der Waals surface area (Å²) in [6.07, 6.45) is 0.485. The van der Waals surface area contributed by atoms with Crippen LogP contribution in [-0.2, 0) is 6.42 Å². The van der Waals surface area contributed by atoms with Crippen molar-refractivity contribution < 1.29 is 19.0 Å². The Kier molecular flexibility index (Phi) is 9.96. The normalized spacial score (nSPS) is 11.7. The lowest BCUT2D eigenvalue weighted by atomic mass is 10.1. The lowest BCUT2D eigenvalue weighted by Gasteiger charge is -2.31. The average molecular weight is 647 g/mol. The van der Waals surface area contributed by atoms with Gasteiger partial charge in [0.05, 0.1) is 53.5 Å². The standard InChI is InChI=1S/C35H33Cl2N3O5/c1-5-45-26-14-12-25(13-15-26)40-33(38-30-9-7-6-8-27(30)35(40)42)22(2)39(34(41)24-11-16-28(36)29(37)21-24)19-18-23-10-17-31(43-3)32(20-23)44-4/h6-17,20-22H,5,18-19H2,1-4H3. The third-order valence-corrected chi connectivity index (χ3v) is 8.30. The fourth-order valence-electron chi connectivity index (χ4n) is 5.23. The molecule has 0 aliphatic heterocycles. The summed E-state index contributed by atoms with van der Waals surface area (Å²) >= 11 is 12.5. The third-order valence-electron chi connectivity index (χ3n) is 7.57. The van der Waals surface area contributed by atoms with Gasteiger partial charge in [0, 0.05) is 12.1 Å². The van der Waals surface area contributed by atoms with Gasteiger partial charge in [-0.2, -0.15) is 0 Å². The number of ether oxygens (including phenoxy) is 3. The molecular formula is C35H33Cl2N3O5. The van der Waals surface area contributed by atoms with Crippen molar-refractivity contribution in [1.29, 1.82) is 0 Å². The summed E-state index contributed by atoms with van der Waals surface area (Å²) in [5.74, 6) is 2.00. The van der Waals surface area contributed by atoms with Crippen LogP contribution in [0.15, 0.2) is 89.7 Å². The van der Waals surface area contributed by atoms with Crippen LogP contribution in [0.5, 0.6) is 17.2 Å². The second kappa shape index (κ2) is 14.1. The van der Waals surface area contributed by atoms with E-state index in [1.807, 2.05) is 62.4 Å². The van der Waals surface area contributed by atoms with Gasteiger partial charge in [-0.15, -0.1) is 0 Å². The maximum atomic E-state index is 14.2. The highest BCUT2D eigenvalue weighted by Crippen LogP contribution is 2.30. The maximum absolute atomic E-state index is 14.2. The molecule has 5 rings (SSSR count). The second-order valence-corrected chi connectivity index (χ2v) is 11.1. The second-order valence-electron chi connectivity index (χ2n) is 10.3. The SMILES string of the molecule is CCOc1ccc(-n2c(C(C)N(CCc3ccc(OC)c(OC)c3)C(=O)c3ccc(Cl)c(Cl)c3)nc3ccccc3c2=O)cc1. The van der Waals surface area contributed by atoms with Gasteiger partial charge in [0.2, 0.25) is 0 Å². The van der Waals surface area contributed by atoms with Gasteiger partial charge in [0.15, 0.2) is 11.5 Å². The van der Waals surface area contributed by atoms with Crippen LogP contribution >= 0.6 is 23.2 Å². The fraction of sp³-hybridized carbons (Fsp3) is 0.229. The first-order valence-electron chi connectivity index (χ1n) is 14.5. The van der Waals surface area contributed by atoms with E-state index in [1.54, 1.807) is 60.1 Å². The summed E-state index contributed by atoms with van der Waals surface area (Å²) < 4.78 is 18.1. The van der Waals surface area contributed by atoms with Gasteiger partial charge in [-0.1, -0.05) is 41.4 Å². The maximum Gasteiger partial charge on any atom is 0.266 e. The van der Waals surface area contributed by atoms with Crippen molar-refractivity contribution in [3.05, 3.63) is 122 Å². The van der Waals surface area contributed by atoms with Gasteiger partial charge in [0.1, 0.15) is 11.6 Å². The van der Waals surface area contributed by atoms with E-state index < -0.39 is 6.04 Å². The van der Waals surface area contributed by atoms with Crippen LogP contribution in [0.1, 0.15) is 41.6 Å². The summed E-state index contributed by atoms with van der Waals surface area (Å²) in [6.45, 7) is 4.59. The molecule has 4 aromatic carbocycles. The van der Waals surface area contributed by atoms with Crippen molar-refractivity contribution in [3.63, 3.8) is 0 Å². The fourth-order valence-corrected chi connectivity index (χ4v) is 5.53. The smallest absolute Gasteiger partial charge is 0.266 e. The molecule has 0 aliphatic rings.